The van der Waals surface area contributed by atoms with E-state index in [1.54, 1.807) is 45.0 Å². The molecule has 0 bridgehead atoms. The average molecular weight is 551 g/mol. The maximum Gasteiger partial charge on any atom is 0.410 e. The van der Waals surface area contributed by atoms with Gasteiger partial charge in [-0.1, -0.05) is 6.07 Å². The summed E-state index contributed by atoms with van der Waals surface area (Å²) in [5, 5.41) is 20.6. The minimum Gasteiger partial charge on any atom is -0.488 e. The second-order valence-electron chi connectivity index (χ2n) is 11.0. The van der Waals surface area contributed by atoms with E-state index >= 15 is 4.39 Å². The van der Waals surface area contributed by atoms with Crippen molar-refractivity contribution in [2.24, 2.45) is 0 Å². The van der Waals surface area contributed by atoms with Crippen molar-refractivity contribution in [3.05, 3.63) is 52.8 Å². The molecule has 0 unspecified atom stereocenters. The third-order valence-corrected chi connectivity index (χ3v) is 7.30. The molecule has 2 aliphatic rings. The average Bonchev–Trinajstić information content (AvgIpc) is 3.15. The summed E-state index contributed by atoms with van der Waals surface area (Å²) in [5.74, 6) is -0.600. The minimum atomic E-state index is -1.33. The van der Waals surface area contributed by atoms with Crippen LogP contribution < -0.4 is 10.1 Å². The number of halogens is 1. The summed E-state index contributed by atoms with van der Waals surface area (Å²) in [4.78, 5) is 27.2. The van der Waals surface area contributed by atoms with Crippen LogP contribution in [0.15, 0.2) is 30.3 Å². The first-order valence-corrected chi connectivity index (χ1v) is 13.7. The number of carbonyl (C=O) groups excluding carboxylic acids is 2. The molecule has 4 rings (SSSR count). The SMILES string of the molecule is CC(C)(C)OC(=O)N1CCCO[C@H](C(=O)N[C@@]([SiH3])(C#N)Cc2cc3c(cc2F)-c2ccc(C#N)cc2CO3)C1. The van der Waals surface area contributed by atoms with Crippen LogP contribution in [0.25, 0.3) is 11.1 Å². The number of rotatable bonds is 4. The fraction of sp³-hybridized carbons (Fsp3) is 0.429. The van der Waals surface area contributed by atoms with Crippen LogP contribution in [0.5, 0.6) is 5.75 Å². The van der Waals surface area contributed by atoms with Gasteiger partial charge in [0.25, 0.3) is 5.91 Å². The Morgan fingerprint density at radius 3 is 2.69 bits per heavy atom. The lowest BCUT2D eigenvalue weighted by atomic mass is 9.93. The highest BCUT2D eigenvalue weighted by atomic mass is 28.1. The van der Waals surface area contributed by atoms with Crippen molar-refractivity contribution in [2.75, 3.05) is 19.7 Å². The van der Waals surface area contributed by atoms with Crippen molar-refractivity contribution < 1.29 is 28.2 Å². The highest BCUT2D eigenvalue weighted by Crippen LogP contribution is 2.39. The number of nitrogens with one attached hydrogen (secondary N) is 1. The van der Waals surface area contributed by atoms with Gasteiger partial charge in [0.15, 0.2) is 6.10 Å². The number of ether oxygens (including phenoxy) is 3. The molecule has 0 spiro atoms. The van der Waals surface area contributed by atoms with E-state index < -0.39 is 34.7 Å². The molecule has 2 atom stereocenters. The normalized spacial score (nSPS) is 18.2. The van der Waals surface area contributed by atoms with Gasteiger partial charge in [0.2, 0.25) is 0 Å². The lowest BCUT2D eigenvalue weighted by Gasteiger charge is -2.30. The van der Waals surface area contributed by atoms with Crippen LogP contribution in [0, 0.1) is 28.5 Å². The molecule has 2 aromatic rings. The van der Waals surface area contributed by atoms with Crippen molar-refractivity contribution in [3.8, 4) is 29.0 Å². The van der Waals surface area contributed by atoms with E-state index in [-0.39, 0.29) is 42.0 Å². The first-order chi connectivity index (χ1) is 18.4. The Bertz CT molecular complexity index is 1380. The van der Waals surface area contributed by atoms with Gasteiger partial charge in [0, 0.05) is 25.1 Å². The third kappa shape index (κ3) is 6.56. The molecule has 2 heterocycles. The Balaban J connectivity index is 1.50. The molecule has 39 heavy (non-hydrogen) atoms. The lowest BCUT2D eigenvalue weighted by Crippen LogP contribution is -2.55. The monoisotopic (exact) mass is 550 g/mol. The van der Waals surface area contributed by atoms with E-state index in [0.29, 0.717) is 29.8 Å². The number of nitriles is 2. The summed E-state index contributed by atoms with van der Waals surface area (Å²) >= 11 is 0. The topological polar surface area (TPSA) is 125 Å². The van der Waals surface area contributed by atoms with E-state index in [9.17, 15) is 14.9 Å². The number of hydrogen-bond acceptors (Lipinski definition) is 7. The predicted octanol–water partition coefficient (Wildman–Crippen LogP) is 2.53. The summed E-state index contributed by atoms with van der Waals surface area (Å²) in [6.07, 6.45) is -1.06. The molecule has 0 aliphatic carbocycles. The standard InChI is InChI=1S/C28H31FN4O5Si/c1-27(2,3)38-26(35)33-7-4-8-36-24(14-33)25(34)32-28(39,16-31)12-18-10-23-21(11-22(18)29)20-6-5-17(13-30)9-19(20)15-37-23/h5-6,9-11,24H,4,7-8,12,14-15H2,1-3,39H3,(H,32,34)/t24-,28-/m0/s1. The van der Waals surface area contributed by atoms with Gasteiger partial charge >= 0.3 is 6.09 Å². The predicted molar refractivity (Wildman–Crippen MR) is 143 cm³/mol. The Kier molecular flexibility index (Phi) is 7.96. The van der Waals surface area contributed by atoms with Crippen LogP contribution in [0.3, 0.4) is 0 Å². The first-order valence-electron chi connectivity index (χ1n) is 12.7. The largest absolute Gasteiger partial charge is 0.488 e. The van der Waals surface area contributed by atoms with Gasteiger partial charge in [-0.3, -0.25) is 4.79 Å². The van der Waals surface area contributed by atoms with E-state index in [1.807, 2.05) is 0 Å². The molecule has 1 N–H and O–H groups in total. The molecule has 1 saturated heterocycles. The summed E-state index contributed by atoms with van der Waals surface area (Å²) in [6, 6.07) is 12.3. The van der Waals surface area contributed by atoms with Crippen molar-refractivity contribution >= 4 is 22.2 Å². The van der Waals surface area contributed by atoms with Crippen LogP contribution in [0.4, 0.5) is 9.18 Å². The second-order valence-corrected chi connectivity index (χ2v) is 12.7. The molecule has 2 amide bonds. The van der Waals surface area contributed by atoms with Gasteiger partial charge in [-0.05, 0) is 68.1 Å². The molecule has 0 aromatic heterocycles. The maximum atomic E-state index is 15.3. The molecule has 9 nitrogen and oxygen atoms in total. The van der Waals surface area contributed by atoms with Crippen LogP contribution >= 0.6 is 0 Å². The second kappa shape index (κ2) is 11.0. The number of fused-ring (bicyclic) bond motifs is 3. The van der Waals surface area contributed by atoms with Crippen molar-refractivity contribution in [1.29, 1.82) is 10.5 Å². The summed E-state index contributed by atoms with van der Waals surface area (Å²) in [7, 11) is 0.197. The van der Waals surface area contributed by atoms with Crippen LogP contribution in [-0.4, -0.2) is 63.7 Å². The van der Waals surface area contributed by atoms with Gasteiger partial charge in [-0.2, -0.15) is 10.5 Å². The van der Waals surface area contributed by atoms with E-state index in [1.165, 1.54) is 11.0 Å². The zero-order valence-electron chi connectivity index (χ0n) is 22.5. The highest BCUT2D eigenvalue weighted by Gasteiger charge is 2.35. The van der Waals surface area contributed by atoms with E-state index in [4.69, 9.17) is 19.5 Å². The molecule has 0 radical (unpaired) electrons. The summed E-state index contributed by atoms with van der Waals surface area (Å²) < 4.78 is 32.3. The van der Waals surface area contributed by atoms with Crippen LogP contribution in [0.2, 0.25) is 0 Å². The van der Waals surface area contributed by atoms with Gasteiger partial charge in [0.1, 0.15) is 28.9 Å². The Labute approximate surface area is 229 Å². The Hall–Kier alpha value is -3.93. The van der Waals surface area contributed by atoms with Crippen LogP contribution in [-0.2, 0) is 27.3 Å². The number of hydrogen-bond donors (Lipinski definition) is 1. The molecule has 204 valence electrons. The summed E-state index contributed by atoms with van der Waals surface area (Å²) in [5.41, 5.74) is 2.19. The highest BCUT2D eigenvalue weighted by molar-refractivity contribution is 6.19. The van der Waals surface area contributed by atoms with Gasteiger partial charge in [0.05, 0.1) is 34.5 Å². The molecular weight excluding hydrogens is 519 g/mol. The number of nitrogens with zero attached hydrogens (tertiary/aromatic N) is 3. The zero-order valence-corrected chi connectivity index (χ0v) is 24.5. The zero-order chi connectivity index (χ0) is 28.4. The lowest BCUT2D eigenvalue weighted by molar-refractivity contribution is -0.133. The van der Waals surface area contributed by atoms with Crippen molar-refractivity contribution in [2.45, 2.75) is 57.1 Å². The molecule has 0 saturated carbocycles. The molecule has 2 aliphatic heterocycles. The minimum absolute atomic E-state index is 0.0161. The van der Waals surface area contributed by atoms with E-state index in [2.05, 4.69) is 17.5 Å². The third-order valence-electron chi connectivity index (χ3n) is 6.47. The van der Waals surface area contributed by atoms with Gasteiger partial charge < -0.3 is 24.4 Å². The number of benzene rings is 2. The smallest absolute Gasteiger partial charge is 0.410 e. The quantitative estimate of drug-likeness (QED) is 0.580. The fourth-order valence-electron chi connectivity index (χ4n) is 4.58. The van der Waals surface area contributed by atoms with Crippen molar-refractivity contribution in [1.82, 2.24) is 10.2 Å². The summed E-state index contributed by atoms with van der Waals surface area (Å²) in [6.45, 7) is 6.16. The van der Waals surface area contributed by atoms with Gasteiger partial charge in [-0.15, -0.1) is 0 Å². The molecule has 2 aromatic carbocycles. The Morgan fingerprint density at radius 1 is 1.23 bits per heavy atom. The van der Waals surface area contributed by atoms with Crippen molar-refractivity contribution in [3.63, 3.8) is 0 Å². The molecular formula is C28H31FN4O5Si. The Morgan fingerprint density at radius 2 is 2.00 bits per heavy atom. The van der Waals surface area contributed by atoms with E-state index in [0.717, 1.165) is 11.1 Å². The van der Waals surface area contributed by atoms with Crippen LogP contribution in [0.1, 0.15) is 43.9 Å². The number of amides is 2. The molecule has 1 fully saturated rings. The maximum absolute atomic E-state index is 15.3. The number of carbonyl (C=O) groups is 2. The molecule has 11 heteroatoms. The van der Waals surface area contributed by atoms with Gasteiger partial charge in [-0.25, -0.2) is 9.18 Å². The fourth-order valence-corrected chi connectivity index (χ4v) is 5.21. The first kappa shape index (κ1) is 28.1.